The number of para-hydroxylation sites is 2. The highest BCUT2D eigenvalue weighted by Crippen LogP contribution is 2.33. The van der Waals surface area contributed by atoms with E-state index in [0.717, 1.165) is 5.56 Å². The lowest BCUT2D eigenvalue weighted by atomic mass is 10.0. The number of nitrogens with one attached hydrogen (secondary N) is 1. The van der Waals surface area contributed by atoms with Gasteiger partial charge in [-0.3, -0.25) is 4.79 Å². The van der Waals surface area contributed by atoms with Crippen LogP contribution < -0.4 is 10.1 Å². The van der Waals surface area contributed by atoms with E-state index in [1.807, 2.05) is 24.3 Å². The Balaban J connectivity index is 1.79. The van der Waals surface area contributed by atoms with E-state index in [1.54, 1.807) is 30.3 Å². The van der Waals surface area contributed by atoms with Crippen molar-refractivity contribution in [2.24, 2.45) is 4.99 Å². The molecule has 0 saturated carbocycles. The molecule has 0 saturated heterocycles. The van der Waals surface area contributed by atoms with Gasteiger partial charge in [-0.15, -0.1) is 0 Å². The summed E-state index contributed by atoms with van der Waals surface area (Å²) in [5.74, 6) is 0.750. The predicted molar refractivity (Wildman–Crippen MR) is 81.5 cm³/mol. The fourth-order valence-corrected chi connectivity index (χ4v) is 2.55. The molecular weight excluding hydrogens is 280 g/mol. The van der Waals surface area contributed by atoms with Gasteiger partial charge in [-0.2, -0.15) is 0 Å². The summed E-state index contributed by atoms with van der Waals surface area (Å²) in [5.41, 5.74) is 1.77. The molecule has 5 nitrogen and oxygen atoms in total. The maximum atomic E-state index is 12.3. The highest BCUT2D eigenvalue weighted by Gasteiger charge is 2.32. The van der Waals surface area contributed by atoms with Gasteiger partial charge in [-0.05, 0) is 18.2 Å². The summed E-state index contributed by atoms with van der Waals surface area (Å²) in [7, 11) is 0. The lowest BCUT2D eigenvalue weighted by Crippen LogP contribution is -2.39. The number of carbonyl (C=O) groups is 1. The number of aromatic hydroxyl groups is 1. The molecule has 2 aromatic carbocycles. The van der Waals surface area contributed by atoms with Gasteiger partial charge in [0.2, 0.25) is 5.90 Å². The van der Waals surface area contributed by atoms with Crippen molar-refractivity contribution in [3.63, 3.8) is 0 Å². The van der Waals surface area contributed by atoms with Gasteiger partial charge in [0, 0.05) is 11.1 Å². The number of ether oxygens (including phenoxy) is 1. The second-order valence-electron chi connectivity index (χ2n) is 5.07. The van der Waals surface area contributed by atoms with E-state index in [0.29, 0.717) is 16.9 Å². The second-order valence-corrected chi connectivity index (χ2v) is 5.07. The zero-order chi connectivity index (χ0) is 15.1. The van der Waals surface area contributed by atoms with Crippen LogP contribution in [-0.4, -0.2) is 16.9 Å². The van der Waals surface area contributed by atoms with E-state index >= 15 is 0 Å². The van der Waals surface area contributed by atoms with Crippen molar-refractivity contribution in [2.75, 3.05) is 0 Å². The molecule has 1 amide bonds. The largest absolute Gasteiger partial charge is 0.508 e. The van der Waals surface area contributed by atoms with Gasteiger partial charge in [0.1, 0.15) is 17.1 Å². The molecule has 0 aromatic heterocycles. The van der Waals surface area contributed by atoms with E-state index in [9.17, 15) is 9.90 Å². The fourth-order valence-electron chi connectivity index (χ4n) is 2.55. The summed E-state index contributed by atoms with van der Waals surface area (Å²) in [6, 6.07) is 14.2. The Kier molecular flexibility index (Phi) is 2.72. The fraction of sp³-hybridized carbons (Fsp3) is 0.0588. The number of hydrogen-bond acceptors (Lipinski definition) is 4. The first-order chi connectivity index (χ1) is 10.7. The van der Waals surface area contributed by atoms with Crippen molar-refractivity contribution in [3.8, 4) is 11.5 Å². The van der Waals surface area contributed by atoms with E-state index < -0.39 is 6.17 Å². The normalized spacial score (nSPS) is 19.1. The smallest absolute Gasteiger partial charge is 0.258 e. The lowest BCUT2D eigenvalue weighted by molar-refractivity contribution is -0.118. The average molecular weight is 292 g/mol. The minimum atomic E-state index is -0.661. The summed E-state index contributed by atoms with van der Waals surface area (Å²) in [5, 5.41) is 12.7. The number of phenolic OH excluding ortho intramolecular Hbond substituents is 1. The average Bonchev–Trinajstić information content (AvgIpc) is 2.53. The molecule has 1 unspecified atom stereocenters. The number of benzene rings is 2. The first-order valence-electron chi connectivity index (χ1n) is 6.88. The second kappa shape index (κ2) is 4.73. The van der Waals surface area contributed by atoms with Crippen LogP contribution in [0.3, 0.4) is 0 Å². The third-order valence-electron chi connectivity index (χ3n) is 3.65. The molecule has 108 valence electrons. The minimum Gasteiger partial charge on any atom is -0.508 e. The van der Waals surface area contributed by atoms with Crippen LogP contribution in [0.15, 0.2) is 59.1 Å². The summed E-state index contributed by atoms with van der Waals surface area (Å²) in [4.78, 5) is 16.7. The van der Waals surface area contributed by atoms with Crippen LogP contribution in [-0.2, 0) is 4.79 Å². The van der Waals surface area contributed by atoms with Gasteiger partial charge in [0.05, 0.1) is 0 Å². The van der Waals surface area contributed by atoms with Crippen molar-refractivity contribution in [1.29, 1.82) is 0 Å². The Labute approximate surface area is 126 Å². The SMILES string of the molecule is O=C1NC(c2ccccc2O)N=C2Oc3ccccc3C=C12. The van der Waals surface area contributed by atoms with E-state index in [-0.39, 0.29) is 17.6 Å². The Morgan fingerprint density at radius 2 is 1.86 bits per heavy atom. The Hall–Kier alpha value is -3.08. The third-order valence-corrected chi connectivity index (χ3v) is 3.65. The van der Waals surface area contributed by atoms with Crippen LogP contribution in [0.25, 0.3) is 6.08 Å². The van der Waals surface area contributed by atoms with E-state index in [4.69, 9.17) is 4.74 Å². The molecule has 2 aliphatic rings. The topological polar surface area (TPSA) is 70.9 Å². The lowest BCUT2D eigenvalue weighted by Gasteiger charge is -2.27. The van der Waals surface area contributed by atoms with Crippen LogP contribution in [0, 0.1) is 0 Å². The molecular formula is C17H12N2O3. The number of carbonyl (C=O) groups excluding carboxylic acids is 1. The number of nitrogens with zero attached hydrogens (tertiary/aromatic N) is 1. The molecule has 0 radical (unpaired) electrons. The Morgan fingerprint density at radius 1 is 1.09 bits per heavy atom. The van der Waals surface area contributed by atoms with Gasteiger partial charge in [-0.1, -0.05) is 36.4 Å². The van der Waals surface area contributed by atoms with Gasteiger partial charge in [0.25, 0.3) is 5.91 Å². The molecule has 0 fully saturated rings. The van der Waals surface area contributed by atoms with Crippen LogP contribution in [0.5, 0.6) is 11.5 Å². The molecule has 0 bridgehead atoms. The molecule has 22 heavy (non-hydrogen) atoms. The number of amides is 1. The quantitative estimate of drug-likeness (QED) is 0.848. The number of fused-ring (bicyclic) bond motifs is 2. The molecule has 4 rings (SSSR count). The van der Waals surface area contributed by atoms with Gasteiger partial charge < -0.3 is 15.2 Å². The maximum absolute atomic E-state index is 12.3. The van der Waals surface area contributed by atoms with Crippen LogP contribution in [0.4, 0.5) is 0 Å². The zero-order valence-electron chi connectivity index (χ0n) is 11.5. The molecule has 0 aliphatic carbocycles. The Morgan fingerprint density at radius 3 is 2.73 bits per heavy atom. The molecule has 5 heteroatoms. The number of phenols is 1. The van der Waals surface area contributed by atoms with E-state index in [2.05, 4.69) is 10.3 Å². The summed E-state index contributed by atoms with van der Waals surface area (Å²) < 4.78 is 5.74. The summed E-state index contributed by atoms with van der Waals surface area (Å²) in [6.07, 6.45) is 1.10. The van der Waals surface area contributed by atoms with Crippen LogP contribution in [0.2, 0.25) is 0 Å². The maximum Gasteiger partial charge on any atom is 0.258 e. The van der Waals surface area contributed by atoms with Crippen molar-refractivity contribution < 1.29 is 14.6 Å². The number of rotatable bonds is 1. The Bertz CT molecular complexity index is 839. The van der Waals surface area contributed by atoms with Crippen molar-refractivity contribution in [2.45, 2.75) is 6.17 Å². The predicted octanol–water partition coefficient (Wildman–Crippen LogP) is 2.40. The molecule has 1 atom stereocenters. The van der Waals surface area contributed by atoms with Crippen molar-refractivity contribution in [1.82, 2.24) is 5.32 Å². The third kappa shape index (κ3) is 1.95. The van der Waals surface area contributed by atoms with Crippen LogP contribution in [0.1, 0.15) is 17.3 Å². The van der Waals surface area contributed by atoms with Crippen molar-refractivity contribution >= 4 is 17.9 Å². The summed E-state index contributed by atoms with van der Waals surface area (Å²) >= 11 is 0. The van der Waals surface area contributed by atoms with Crippen molar-refractivity contribution in [3.05, 3.63) is 65.2 Å². The molecule has 2 N–H and O–H groups in total. The number of hydrogen-bond donors (Lipinski definition) is 2. The molecule has 2 aliphatic heterocycles. The monoisotopic (exact) mass is 292 g/mol. The molecule has 2 heterocycles. The molecule has 0 spiro atoms. The van der Waals surface area contributed by atoms with Gasteiger partial charge >= 0.3 is 0 Å². The first kappa shape index (κ1) is 12.6. The van der Waals surface area contributed by atoms with Gasteiger partial charge in [0.15, 0.2) is 6.17 Å². The van der Waals surface area contributed by atoms with Gasteiger partial charge in [-0.25, -0.2) is 4.99 Å². The first-order valence-corrected chi connectivity index (χ1v) is 6.88. The highest BCUT2D eigenvalue weighted by atomic mass is 16.5. The highest BCUT2D eigenvalue weighted by molar-refractivity contribution is 6.24. The number of aliphatic imine (C=N–C) groups is 1. The van der Waals surface area contributed by atoms with E-state index in [1.165, 1.54) is 0 Å². The summed E-state index contributed by atoms with van der Waals surface area (Å²) in [6.45, 7) is 0. The minimum absolute atomic E-state index is 0.0841. The zero-order valence-corrected chi connectivity index (χ0v) is 11.5. The molecule has 2 aromatic rings. The van der Waals surface area contributed by atoms with Crippen LogP contribution >= 0.6 is 0 Å². The standard InChI is InChI=1S/C17H12N2O3/c20-13-7-3-2-6-11(13)15-18-16(21)12-9-10-5-1-4-8-14(10)22-17(12)19-15/h1-9,15,20H,(H,18,21).